The van der Waals surface area contributed by atoms with E-state index in [0.717, 1.165) is 11.8 Å². The van der Waals surface area contributed by atoms with E-state index < -0.39 is 11.6 Å². The zero-order valence-electron chi connectivity index (χ0n) is 8.01. The molecular weight excluding hydrogens is 184 g/mol. The minimum absolute atomic E-state index is 0.444. The Bertz CT molecular complexity index is 506. The van der Waals surface area contributed by atoms with Gasteiger partial charge in [0.2, 0.25) is 5.52 Å². The molecule has 3 heteroatoms. The second-order valence-corrected chi connectivity index (χ2v) is 3.35. The molecule has 2 aromatic rings. The Labute approximate surface area is 80.6 Å². The minimum Gasteiger partial charge on any atom is -0.207 e. The predicted octanol–water partition coefficient (Wildman–Crippen LogP) is 2.25. The maximum atomic E-state index is 13.3. The topological polar surface area (TPSA) is 3.88 Å². The fourth-order valence-corrected chi connectivity index (χ4v) is 1.52. The molecule has 2 rings (SSSR count). The van der Waals surface area contributed by atoms with Gasteiger partial charge in [-0.25, -0.2) is 8.78 Å². The Morgan fingerprint density at radius 2 is 1.86 bits per heavy atom. The van der Waals surface area contributed by atoms with Gasteiger partial charge in [-0.3, -0.25) is 0 Å². The molecule has 0 saturated heterocycles. The van der Waals surface area contributed by atoms with Gasteiger partial charge in [0, 0.05) is 25.1 Å². The molecular formula is C11H10F2N+. The smallest absolute Gasteiger partial charge is 0.207 e. The highest BCUT2D eigenvalue weighted by atomic mass is 19.1. The van der Waals surface area contributed by atoms with Crippen LogP contribution in [0.25, 0.3) is 10.9 Å². The Balaban J connectivity index is 2.95. The first kappa shape index (κ1) is 9.06. The van der Waals surface area contributed by atoms with E-state index in [-0.39, 0.29) is 0 Å². The van der Waals surface area contributed by atoms with E-state index in [0.29, 0.717) is 10.9 Å². The molecule has 0 spiro atoms. The van der Waals surface area contributed by atoms with Crippen LogP contribution >= 0.6 is 0 Å². The average Bonchev–Trinajstić information content (AvgIpc) is 2.12. The summed E-state index contributed by atoms with van der Waals surface area (Å²) in [4.78, 5) is 0. The molecule has 0 atom stereocenters. The van der Waals surface area contributed by atoms with Crippen LogP contribution in [0.4, 0.5) is 8.78 Å². The Hall–Kier alpha value is -1.51. The first-order valence-corrected chi connectivity index (χ1v) is 4.34. The van der Waals surface area contributed by atoms with Crippen LogP contribution in [0.5, 0.6) is 0 Å². The van der Waals surface area contributed by atoms with Crippen molar-refractivity contribution in [3.63, 3.8) is 0 Å². The summed E-state index contributed by atoms with van der Waals surface area (Å²) in [5, 5.41) is 0.444. The van der Waals surface area contributed by atoms with Crippen molar-refractivity contribution in [1.29, 1.82) is 0 Å². The normalized spacial score (nSPS) is 10.9. The third-order valence-electron chi connectivity index (χ3n) is 2.45. The Morgan fingerprint density at radius 3 is 2.57 bits per heavy atom. The van der Waals surface area contributed by atoms with E-state index in [2.05, 4.69) is 0 Å². The molecule has 0 N–H and O–H groups in total. The van der Waals surface area contributed by atoms with Gasteiger partial charge in [-0.15, -0.1) is 0 Å². The molecule has 1 aromatic carbocycles. The number of aromatic nitrogens is 1. The number of halogens is 2. The summed E-state index contributed by atoms with van der Waals surface area (Å²) in [5.74, 6) is -1.06. The molecule has 1 heterocycles. The second kappa shape index (κ2) is 3.01. The fraction of sp³-hybridized carbons (Fsp3) is 0.182. The van der Waals surface area contributed by atoms with Gasteiger partial charge in [-0.2, -0.15) is 4.57 Å². The Kier molecular flexibility index (Phi) is 1.95. The molecule has 1 aromatic heterocycles. The van der Waals surface area contributed by atoms with E-state index in [1.54, 1.807) is 17.7 Å². The van der Waals surface area contributed by atoms with Gasteiger partial charge in [0.25, 0.3) is 0 Å². The standard InChI is InChI=1S/C11H10F2N/c1-7-3-4-9-10(13)5-8(12)6-11(9)14(7)2/h3-6H,1-2H3/q+1. The van der Waals surface area contributed by atoms with Crippen molar-refractivity contribution >= 4 is 10.9 Å². The molecule has 0 fully saturated rings. The lowest BCUT2D eigenvalue weighted by Gasteiger charge is -2.00. The second-order valence-electron chi connectivity index (χ2n) is 3.35. The van der Waals surface area contributed by atoms with Crippen LogP contribution in [0.2, 0.25) is 0 Å². The molecule has 0 saturated carbocycles. The van der Waals surface area contributed by atoms with Crippen molar-refractivity contribution in [3.05, 3.63) is 41.6 Å². The van der Waals surface area contributed by atoms with E-state index in [1.807, 2.05) is 13.0 Å². The van der Waals surface area contributed by atoms with Gasteiger partial charge in [0.15, 0.2) is 5.69 Å². The molecule has 0 radical (unpaired) electrons. The van der Waals surface area contributed by atoms with Crippen molar-refractivity contribution in [2.75, 3.05) is 0 Å². The van der Waals surface area contributed by atoms with Gasteiger partial charge >= 0.3 is 0 Å². The van der Waals surface area contributed by atoms with Gasteiger partial charge in [0.05, 0.1) is 5.39 Å². The maximum absolute atomic E-state index is 13.3. The first-order valence-electron chi connectivity index (χ1n) is 4.34. The lowest BCUT2D eigenvalue weighted by molar-refractivity contribution is -0.651. The first-order chi connectivity index (χ1) is 6.59. The zero-order chi connectivity index (χ0) is 10.3. The van der Waals surface area contributed by atoms with E-state index >= 15 is 0 Å². The van der Waals surface area contributed by atoms with Crippen LogP contribution in [-0.2, 0) is 7.05 Å². The molecule has 0 aliphatic carbocycles. The summed E-state index contributed by atoms with van der Waals surface area (Å²) in [5.41, 5.74) is 1.53. The van der Waals surface area contributed by atoms with Gasteiger partial charge in [-0.05, 0) is 6.07 Å². The number of pyridine rings is 1. The molecule has 14 heavy (non-hydrogen) atoms. The van der Waals surface area contributed by atoms with Crippen LogP contribution in [0.15, 0.2) is 24.3 Å². The van der Waals surface area contributed by atoms with Crippen LogP contribution in [0, 0.1) is 18.6 Å². The SMILES string of the molecule is Cc1ccc2c(F)cc(F)cc2[n+]1C. The summed E-state index contributed by atoms with van der Waals surface area (Å²) < 4.78 is 28.0. The van der Waals surface area contributed by atoms with Crippen molar-refractivity contribution in [1.82, 2.24) is 0 Å². The monoisotopic (exact) mass is 194 g/mol. The molecule has 0 aliphatic rings. The largest absolute Gasteiger partial charge is 0.218 e. The Morgan fingerprint density at radius 1 is 1.14 bits per heavy atom. The van der Waals surface area contributed by atoms with Crippen LogP contribution in [-0.4, -0.2) is 0 Å². The van der Waals surface area contributed by atoms with Gasteiger partial charge in [-0.1, -0.05) is 0 Å². The maximum Gasteiger partial charge on any atom is 0.218 e. The number of hydrogen-bond acceptors (Lipinski definition) is 0. The van der Waals surface area contributed by atoms with E-state index in [4.69, 9.17) is 0 Å². The van der Waals surface area contributed by atoms with E-state index in [1.165, 1.54) is 6.07 Å². The minimum atomic E-state index is -0.545. The van der Waals surface area contributed by atoms with Crippen molar-refractivity contribution in [3.8, 4) is 0 Å². The highest BCUT2D eigenvalue weighted by Crippen LogP contribution is 2.16. The highest BCUT2D eigenvalue weighted by Gasteiger charge is 2.13. The third-order valence-corrected chi connectivity index (χ3v) is 2.45. The number of fused-ring (bicyclic) bond motifs is 1. The average molecular weight is 194 g/mol. The number of rotatable bonds is 0. The number of hydrogen-bond donors (Lipinski definition) is 0. The van der Waals surface area contributed by atoms with Crippen molar-refractivity contribution < 1.29 is 13.3 Å². The quantitative estimate of drug-likeness (QED) is 0.566. The molecule has 72 valence electrons. The van der Waals surface area contributed by atoms with Crippen LogP contribution in [0.1, 0.15) is 5.69 Å². The lowest BCUT2D eigenvalue weighted by atomic mass is 10.2. The summed E-state index contributed by atoms with van der Waals surface area (Å²) in [6, 6.07) is 5.71. The molecule has 1 nitrogen and oxygen atoms in total. The summed E-state index contributed by atoms with van der Waals surface area (Å²) in [6.45, 7) is 1.89. The number of nitrogens with zero attached hydrogens (tertiary/aromatic N) is 1. The predicted molar refractivity (Wildman–Crippen MR) is 49.8 cm³/mol. The summed E-state index contributed by atoms with van der Waals surface area (Å²) in [6.07, 6.45) is 0. The number of benzene rings is 1. The molecule has 0 bridgehead atoms. The van der Waals surface area contributed by atoms with Crippen molar-refractivity contribution in [2.24, 2.45) is 7.05 Å². The van der Waals surface area contributed by atoms with E-state index in [9.17, 15) is 8.78 Å². The lowest BCUT2D eigenvalue weighted by Crippen LogP contribution is -2.32. The van der Waals surface area contributed by atoms with Crippen LogP contribution < -0.4 is 4.57 Å². The molecule has 0 aliphatic heterocycles. The van der Waals surface area contributed by atoms with Crippen molar-refractivity contribution in [2.45, 2.75) is 6.92 Å². The highest BCUT2D eigenvalue weighted by molar-refractivity contribution is 5.76. The van der Waals surface area contributed by atoms with Crippen LogP contribution in [0.3, 0.4) is 0 Å². The molecule has 0 amide bonds. The fourth-order valence-electron chi connectivity index (χ4n) is 1.52. The zero-order valence-corrected chi connectivity index (χ0v) is 8.01. The van der Waals surface area contributed by atoms with Gasteiger partial charge < -0.3 is 0 Å². The summed E-state index contributed by atoms with van der Waals surface area (Å²) >= 11 is 0. The molecule has 0 unspecified atom stereocenters. The summed E-state index contributed by atoms with van der Waals surface area (Å²) in [7, 11) is 1.79. The third kappa shape index (κ3) is 1.25. The number of aryl methyl sites for hydroxylation is 2. The van der Waals surface area contributed by atoms with Gasteiger partial charge in [0.1, 0.15) is 18.7 Å².